The van der Waals surface area contributed by atoms with Crippen molar-refractivity contribution in [2.45, 2.75) is 11.8 Å². The molecule has 0 aromatic heterocycles. The monoisotopic (exact) mass is 301 g/mol. The summed E-state index contributed by atoms with van der Waals surface area (Å²) in [6.07, 6.45) is 1.59. The lowest BCUT2D eigenvalue weighted by Gasteiger charge is -2.07. The Morgan fingerprint density at radius 1 is 1.00 bits per heavy atom. The predicted octanol–water partition coefficient (Wildman–Crippen LogP) is 2.88. The van der Waals surface area contributed by atoms with E-state index in [1.165, 1.54) is 6.92 Å². The van der Waals surface area contributed by atoms with Crippen LogP contribution in [0.3, 0.4) is 0 Å². The van der Waals surface area contributed by atoms with Gasteiger partial charge >= 0.3 is 0 Å². The molecular weight excluding hydrogens is 286 g/mol. The number of ketones is 1. The minimum Gasteiger partial charge on any atom is -0.322 e. The highest BCUT2D eigenvalue weighted by Crippen LogP contribution is 2.14. The Balaban J connectivity index is 2.16. The highest BCUT2D eigenvalue weighted by Gasteiger charge is 2.08. The van der Waals surface area contributed by atoms with E-state index >= 15 is 0 Å². The van der Waals surface area contributed by atoms with Crippen molar-refractivity contribution in [1.29, 1.82) is 0 Å². The van der Waals surface area contributed by atoms with E-state index in [1.54, 1.807) is 54.8 Å². The minimum absolute atomic E-state index is 0.0547. The number of amides is 1. The SMILES string of the molecule is CC(=O)c1cccc(NC(=O)c2ccc(S(C)=O)cc2)c1. The molecule has 0 saturated heterocycles. The van der Waals surface area contributed by atoms with Gasteiger partial charge in [-0.2, -0.15) is 0 Å². The van der Waals surface area contributed by atoms with Crippen molar-refractivity contribution in [3.05, 3.63) is 59.7 Å². The normalized spacial score (nSPS) is 11.7. The van der Waals surface area contributed by atoms with E-state index in [0.717, 1.165) is 0 Å². The van der Waals surface area contributed by atoms with Gasteiger partial charge in [0, 0.05) is 38.8 Å². The van der Waals surface area contributed by atoms with Gasteiger partial charge in [0.15, 0.2) is 5.78 Å². The summed E-state index contributed by atoms with van der Waals surface area (Å²) in [7, 11) is -1.07. The van der Waals surface area contributed by atoms with E-state index in [0.29, 0.717) is 21.7 Å². The van der Waals surface area contributed by atoms with Gasteiger partial charge in [-0.25, -0.2) is 0 Å². The average molecular weight is 301 g/mol. The third-order valence-electron chi connectivity index (χ3n) is 2.98. The molecule has 2 aromatic carbocycles. The Bertz CT molecular complexity index is 708. The second-order valence-electron chi connectivity index (χ2n) is 4.57. The van der Waals surface area contributed by atoms with Crippen LogP contribution in [-0.4, -0.2) is 22.2 Å². The summed E-state index contributed by atoms with van der Waals surface area (Å²) in [6, 6.07) is 13.4. The zero-order valence-corrected chi connectivity index (χ0v) is 12.6. The van der Waals surface area contributed by atoms with Gasteiger partial charge in [0.2, 0.25) is 0 Å². The number of carbonyl (C=O) groups is 2. The van der Waals surface area contributed by atoms with Crippen molar-refractivity contribution in [1.82, 2.24) is 0 Å². The van der Waals surface area contributed by atoms with Gasteiger partial charge in [0.1, 0.15) is 0 Å². The van der Waals surface area contributed by atoms with Crippen LogP contribution in [0.1, 0.15) is 27.6 Å². The predicted molar refractivity (Wildman–Crippen MR) is 83.2 cm³/mol. The molecule has 0 bridgehead atoms. The van der Waals surface area contributed by atoms with Gasteiger partial charge in [-0.15, -0.1) is 0 Å². The van der Waals surface area contributed by atoms with Crippen LogP contribution < -0.4 is 5.32 Å². The molecule has 0 aliphatic heterocycles. The maximum Gasteiger partial charge on any atom is 0.255 e. The molecule has 0 heterocycles. The molecule has 21 heavy (non-hydrogen) atoms. The van der Waals surface area contributed by atoms with Gasteiger partial charge in [0.05, 0.1) is 0 Å². The molecule has 0 saturated carbocycles. The van der Waals surface area contributed by atoms with E-state index in [1.807, 2.05) is 0 Å². The fourth-order valence-corrected chi connectivity index (χ4v) is 2.34. The van der Waals surface area contributed by atoms with Crippen molar-refractivity contribution in [2.24, 2.45) is 0 Å². The Kier molecular flexibility index (Phi) is 4.65. The van der Waals surface area contributed by atoms with Crippen molar-refractivity contribution in [2.75, 3.05) is 11.6 Å². The first-order chi connectivity index (χ1) is 9.97. The summed E-state index contributed by atoms with van der Waals surface area (Å²) in [4.78, 5) is 24.1. The molecule has 108 valence electrons. The summed E-state index contributed by atoms with van der Waals surface area (Å²) >= 11 is 0. The lowest BCUT2D eigenvalue weighted by Crippen LogP contribution is -2.12. The summed E-state index contributed by atoms with van der Waals surface area (Å²) in [5, 5.41) is 2.74. The number of rotatable bonds is 4. The van der Waals surface area contributed by atoms with E-state index in [-0.39, 0.29) is 11.7 Å². The Hall–Kier alpha value is -2.27. The maximum absolute atomic E-state index is 12.1. The number of nitrogens with one attached hydrogen (secondary N) is 1. The first kappa shape index (κ1) is 15.1. The molecule has 1 amide bonds. The average Bonchev–Trinajstić information content (AvgIpc) is 2.47. The van der Waals surface area contributed by atoms with Crippen LogP contribution >= 0.6 is 0 Å². The molecule has 1 unspecified atom stereocenters. The molecule has 1 N–H and O–H groups in total. The number of benzene rings is 2. The van der Waals surface area contributed by atoms with Gasteiger partial charge in [-0.05, 0) is 43.3 Å². The fraction of sp³-hybridized carbons (Fsp3) is 0.125. The highest BCUT2D eigenvalue weighted by molar-refractivity contribution is 7.84. The van der Waals surface area contributed by atoms with Gasteiger partial charge < -0.3 is 5.32 Å². The minimum atomic E-state index is -1.07. The van der Waals surface area contributed by atoms with E-state index in [9.17, 15) is 13.8 Å². The molecule has 2 rings (SSSR count). The van der Waals surface area contributed by atoms with Crippen LogP contribution in [0.4, 0.5) is 5.69 Å². The first-order valence-corrected chi connectivity index (χ1v) is 7.89. The molecule has 4 nitrogen and oxygen atoms in total. The number of Topliss-reactive ketones (excluding diaryl/α,β-unsaturated/α-hetero) is 1. The summed E-state index contributed by atoms with van der Waals surface area (Å²) in [5.41, 5.74) is 1.58. The number of carbonyl (C=O) groups excluding carboxylic acids is 2. The third kappa shape index (κ3) is 3.86. The molecule has 0 aliphatic rings. The van der Waals surface area contributed by atoms with Crippen LogP contribution in [-0.2, 0) is 10.8 Å². The molecule has 5 heteroatoms. The lowest BCUT2D eigenvalue weighted by atomic mass is 10.1. The van der Waals surface area contributed by atoms with E-state index in [4.69, 9.17) is 0 Å². The first-order valence-electron chi connectivity index (χ1n) is 6.33. The Morgan fingerprint density at radius 3 is 2.24 bits per heavy atom. The molecule has 2 aromatic rings. The smallest absolute Gasteiger partial charge is 0.255 e. The van der Waals surface area contributed by atoms with Crippen molar-refractivity contribution < 1.29 is 13.8 Å². The summed E-state index contributed by atoms with van der Waals surface area (Å²) < 4.78 is 11.3. The highest BCUT2D eigenvalue weighted by atomic mass is 32.2. The Labute approximate surface area is 125 Å². The maximum atomic E-state index is 12.1. The molecule has 0 aliphatic carbocycles. The van der Waals surface area contributed by atoms with Crippen LogP contribution in [0, 0.1) is 0 Å². The van der Waals surface area contributed by atoms with Gasteiger partial charge in [-0.3, -0.25) is 13.8 Å². The van der Waals surface area contributed by atoms with Crippen LogP contribution in [0.5, 0.6) is 0 Å². The van der Waals surface area contributed by atoms with Gasteiger partial charge in [0.25, 0.3) is 5.91 Å². The molecule has 0 spiro atoms. The largest absolute Gasteiger partial charge is 0.322 e. The van der Waals surface area contributed by atoms with Crippen LogP contribution in [0.25, 0.3) is 0 Å². The second-order valence-corrected chi connectivity index (χ2v) is 5.95. The standard InChI is InChI=1S/C16H15NO3S/c1-11(18)13-4-3-5-14(10-13)17-16(19)12-6-8-15(9-7-12)21(2)20/h3-10H,1-2H3,(H,17,19). The van der Waals surface area contributed by atoms with Crippen molar-refractivity contribution in [3.8, 4) is 0 Å². The number of anilines is 1. The zero-order chi connectivity index (χ0) is 15.4. The van der Waals surface area contributed by atoms with Crippen molar-refractivity contribution >= 4 is 28.2 Å². The Morgan fingerprint density at radius 2 is 1.67 bits per heavy atom. The zero-order valence-electron chi connectivity index (χ0n) is 11.8. The van der Waals surface area contributed by atoms with Crippen molar-refractivity contribution in [3.63, 3.8) is 0 Å². The van der Waals surface area contributed by atoms with E-state index in [2.05, 4.69) is 5.32 Å². The molecular formula is C16H15NO3S. The van der Waals surface area contributed by atoms with E-state index < -0.39 is 10.8 Å². The van der Waals surface area contributed by atoms with Crippen LogP contribution in [0.2, 0.25) is 0 Å². The number of hydrogen-bond acceptors (Lipinski definition) is 3. The van der Waals surface area contributed by atoms with Gasteiger partial charge in [-0.1, -0.05) is 12.1 Å². The second kappa shape index (κ2) is 6.45. The molecule has 1 atom stereocenters. The van der Waals surface area contributed by atoms with Crippen LogP contribution in [0.15, 0.2) is 53.4 Å². The molecule has 0 radical (unpaired) electrons. The number of hydrogen-bond donors (Lipinski definition) is 1. The summed E-state index contributed by atoms with van der Waals surface area (Å²) in [5.74, 6) is -0.329. The molecule has 0 fully saturated rings. The fourth-order valence-electron chi connectivity index (χ4n) is 1.82. The quantitative estimate of drug-likeness (QED) is 0.883. The topological polar surface area (TPSA) is 63.2 Å². The summed E-state index contributed by atoms with van der Waals surface area (Å²) in [6.45, 7) is 1.48. The lowest BCUT2D eigenvalue weighted by molar-refractivity contribution is 0.101. The third-order valence-corrected chi connectivity index (χ3v) is 3.91.